The van der Waals surface area contributed by atoms with Crippen molar-refractivity contribution in [3.05, 3.63) is 42.7 Å². The molecule has 0 aromatic heterocycles. The lowest BCUT2D eigenvalue weighted by molar-refractivity contribution is -0.116. The Morgan fingerprint density at radius 3 is 2.81 bits per heavy atom. The van der Waals surface area contributed by atoms with Gasteiger partial charge in [-0.3, -0.25) is 4.79 Å². The predicted molar refractivity (Wildman–Crippen MR) is 65.8 cm³/mol. The van der Waals surface area contributed by atoms with Crippen molar-refractivity contribution >= 4 is 23.6 Å². The van der Waals surface area contributed by atoms with Crippen LogP contribution in [-0.2, 0) is 8.98 Å². The summed E-state index contributed by atoms with van der Waals surface area (Å²) in [6.07, 6.45) is 3.52. The molecule has 1 aliphatic rings. The minimum atomic E-state index is -0.190. The van der Waals surface area contributed by atoms with Crippen LogP contribution in [0.4, 0.5) is 5.69 Å². The summed E-state index contributed by atoms with van der Waals surface area (Å²) in [5.41, 5.74) is 0.815. The predicted octanol–water partition coefficient (Wildman–Crippen LogP) is 2.82. The lowest BCUT2D eigenvalue weighted by atomic mass is 10.1. The van der Waals surface area contributed by atoms with Gasteiger partial charge in [0.25, 0.3) is 0 Å². The summed E-state index contributed by atoms with van der Waals surface area (Å²) in [6.45, 7) is 2.00. The molecule has 2 rings (SSSR count). The number of allylic oxidation sites excluding steroid dienone is 1. The topological polar surface area (TPSA) is 38.3 Å². The van der Waals surface area contributed by atoms with Gasteiger partial charge >= 0.3 is 0 Å². The highest BCUT2D eigenvalue weighted by Crippen LogP contribution is 2.27. The van der Waals surface area contributed by atoms with Crippen LogP contribution in [0.5, 0.6) is 0 Å². The van der Waals surface area contributed by atoms with Crippen LogP contribution in [-0.4, -0.2) is 11.2 Å². The summed E-state index contributed by atoms with van der Waals surface area (Å²) in [4.78, 5) is 11.9. The van der Waals surface area contributed by atoms with Gasteiger partial charge in [-0.2, -0.15) is 0 Å². The van der Waals surface area contributed by atoms with Crippen LogP contribution in [0.25, 0.3) is 0 Å². The van der Waals surface area contributed by atoms with Gasteiger partial charge in [-0.05, 0) is 18.2 Å². The van der Waals surface area contributed by atoms with E-state index in [1.54, 1.807) is 6.26 Å². The molecule has 3 nitrogen and oxygen atoms in total. The molecular weight excluding hydrogens is 222 g/mol. The number of anilines is 1. The van der Waals surface area contributed by atoms with E-state index in [1.807, 2.05) is 43.3 Å². The van der Waals surface area contributed by atoms with Crippen LogP contribution in [0.15, 0.2) is 42.7 Å². The second kappa shape index (κ2) is 5.07. The Hall–Kier alpha value is -1.42. The molecule has 1 aromatic rings. The van der Waals surface area contributed by atoms with E-state index in [0.717, 1.165) is 5.69 Å². The van der Waals surface area contributed by atoms with Crippen molar-refractivity contribution in [1.29, 1.82) is 0 Å². The fourth-order valence-corrected chi connectivity index (χ4v) is 2.11. The summed E-state index contributed by atoms with van der Waals surface area (Å²) < 4.78 is 5.09. The molecule has 0 saturated heterocycles. The summed E-state index contributed by atoms with van der Waals surface area (Å²) in [5, 5.41) is 2.68. The molecule has 0 radical (unpaired) electrons. The number of amides is 1. The van der Waals surface area contributed by atoms with E-state index in [0.29, 0.717) is 0 Å². The molecule has 0 aliphatic carbocycles. The third-order valence-electron chi connectivity index (χ3n) is 2.37. The van der Waals surface area contributed by atoms with Crippen LogP contribution < -0.4 is 5.32 Å². The number of nitrogens with one attached hydrogen (secondary N) is 1. The fraction of sp³-hybridized carbons (Fsp3) is 0.250. The first kappa shape index (κ1) is 11.1. The lowest BCUT2D eigenvalue weighted by Crippen LogP contribution is -2.31. The van der Waals surface area contributed by atoms with E-state index in [1.165, 1.54) is 12.0 Å². The van der Waals surface area contributed by atoms with Gasteiger partial charge in [-0.25, -0.2) is 0 Å². The minimum absolute atomic E-state index is 0.0203. The SMILES string of the molecule is CC1C=COSC1C(=O)Nc1ccccc1. The van der Waals surface area contributed by atoms with Gasteiger partial charge in [0.1, 0.15) is 5.25 Å². The van der Waals surface area contributed by atoms with Crippen molar-refractivity contribution in [3.8, 4) is 0 Å². The monoisotopic (exact) mass is 235 g/mol. The van der Waals surface area contributed by atoms with Gasteiger partial charge in [-0.1, -0.05) is 25.1 Å². The minimum Gasteiger partial charge on any atom is -0.433 e. The molecule has 0 spiro atoms. The smallest absolute Gasteiger partial charge is 0.241 e. The molecule has 1 heterocycles. The maximum absolute atomic E-state index is 11.9. The molecule has 1 aliphatic heterocycles. The Morgan fingerprint density at radius 2 is 2.12 bits per heavy atom. The van der Waals surface area contributed by atoms with Crippen molar-refractivity contribution in [1.82, 2.24) is 0 Å². The standard InChI is InChI=1S/C12H13NO2S/c1-9-7-8-15-16-11(9)12(14)13-10-5-3-2-4-6-10/h2-9,11H,1H3,(H,13,14). The number of para-hydroxylation sites is 1. The van der Waals surface area contributed by atoms with Crippen molar-refractivity contribution in [2.24, 2.45) is 5.92 Å². The molecule has 0 saturated carbocycles. The van der Waals surface area contributed by atoms with Gasteiger partial charge in [0.15, 0.2) is 0 Å². The Morgan fingerprint density at radius 1 is 1.38 bits per heavy atom. The Kier molecular flexibility index (Phi) is 3.51. The van der Waals surface area contributed by atoms with Gasteiger partial charge in [0, 0.05) is 11.6 Å². The van der Waals surface area contributed by atoms with Crippen molar-refractivity contribution in [2.75, 3.05) is 5.32 Å². The second-order valence-electron chi connectivity index (χ2n) is 3.66. The van der Waals surface area contributed by atoms with Gasteiger partial charge in [0.2, 0.25) is 5.91 Å². The van der Waals surface area contributed by atoms with Crippen molar-refractivity contribution in [3.63, 3.8) is 0 Å². The number of benzene rings is 1. The Labute approximate surface area is 99.1 Å². The van der Waals surface area contributed by atoms with Crippen LogP contribution in [0.3, 0.4) is 0 Å². The molecule has 4 heteroatoms. The third kappa shape index (κ3) is 2.58. The number of rotatable bonds is 2. The molecular formula is C12H13NO2S. The normalized spacial score (nSPS) is 23.6. The number of hydrogen-bond donors (Lipinski definition) is 1. The Balaban J connectivity index is 2.01. The largest absolute Gasteiger partial charge is 0.433 e. The Bertz CT molecular complexity index is 391. The number of hydrogen-bond acceptors (Lipinski definition) is 3. The molecule has 2 unspecified atom stereocenters. The first-order valence-corrected chi connectivity index (χ1v) is 5.92. The van der Waals surface area contributed by atoms with Crippen molar-refractivity contribution in [2.45, 2.75) is 12.2 Å². The molecule has 84 valence electrons. The van der Waals surface area contributed by atoms with E-state index < -0.39 is 0 Å². The number of carbonyl (C=O) groups is 1. The van der Waals surface area contributed by atoms with E-state index in [4.69, 9.17) is 4.18 Å². The van der Waals surface area contributed by atoms with E-state index in [9.17, 15) is 4.79 Å². The van der Waals surface area contributed by atoms with Crippen LogP contribution in [0, 0.1) is 5.92 Å². The van der Waals surface area contributed by atoms with E-state index in [2.05, 4.69) is 5.32 Å². The van der Waals surface area contributed by atoms with Gasteiger partial charge < -0.3 is 9.50 Å². The highest BCUT2D eigenvalue weighted by atomic mass is 32.2. The van der Waals surface area contributed by atoms with Crippen LogP contribution >= 0.6 is 12.0 Å². The van der Waals surface area contributed by atoms with Gasteiger partial charge in [0.05, 0.1) is 18.3 Å². The summed E-state index contributed by atoms with van der Waals surface area (Å²) in [7, 11) is 0. The average Bonchev–Trinajstić information content (AvgIpc) is 2.31. The highest BCUT2D eigenvalue weighted by Gasteiger charge is 2.28. The molecule has 1 amide bonds. The fourth-order valence-electron chi connectivity index (χ4n) is 1.45. The maximum Gasteiger partial charge on any atom is 0.241 e. The quantitative estimate of drug-likeness (QED) is 0.801. The highest BCUT2D eigenvalue weighted by molar-refractivity contribution is 7.96. The molecule has 1 N–H and O–H groups in total. The molecule has 16 heavy (non-hydrogen) atoms. The molecule has 0 fully saturated rings. The molecule has 2 atom stereocenters. The third-order valence-corrected chi connectivity index (χ3v) is 3.45. The first-order valence-electron chi connectivity index (χ1n) is 5.12. The van der Waals surface area contributed by atoms with E-state index in [-0.39, 0.29) is 17.1 Å². The zero-order chi connectivity index (χ0) is 11.4. The maximum atomic E-state index is 11.9. The average molecular weight is 235 g/mol. The zero-order valence-electron chi connectivity index (χ0n) is 8.92. The number of carbonyl (C=O) groups excluding carboxylic acids is 1. The molecule has 1 aromatic carbocycles. The second-order valence-corrected chi connectivity index (χ2v) is 4.55. The summed E-state index contributed by atoms with van der Waals surface area (Å²) in [5.74, 6) is 0.163. The van der Waals surface area contributed by atoms with Crippen LogP contribution in [0.2, 0.25) is 0 Å². The van der Waals surface area contributed by atoms with Gasteiger partial charge in [-0.15, -0.1) is 0 Å². The summed E-state index contributed by atoms with van der Waals surface area (Å²) >= 11 is 1.20. The zero-order valence-corrected chi connectivity index (χ0v) is 9.74. The molecule has 0 bridgehead atoms. The first-order chi connectivity index (χ1) is 7.77. The summed E-state index contributed by atoms with van der Waals surface area (Å²) in [6, 6.07) is 9.44. The van der Waals surface area contributed by atoms with Crippen LogP contribution in [0.1, 0.15) is 6.92 Å². The van der Waals surface area contributed by atoms with Crippen molar-refractivity contribution < 1.29 is 8.98 Å². The van der Waals surface area contributed by atoms with E-state index >= 15 is 0 Å². The lowest BCUT2D eigenvalue weighted by Gasteiger charge is -2.21.